The van der Waals surface area contributed by atoms with E-state index in [4.69, 9.17) is 0 Å². The minimum atomic E-state index is -3.46. The summed E-state index contributed by atoms with van der Waals surface area (Å²) in [6, 6.07) is 10.6. The van der Waals surface area contributed by atoms with Gasteiger partial charge in [0.2, 0.25) is 15.9 Å². The van der Waals surface area contributed by atoms with Gasteiger partial charge in [-0.15, -0.1) is 0 Å². The number of hydrogen-bond acceptors (Lipinski definition) is 5. The quantitative estimate of drug-likeness (QED) is 0.634. The summed E-state index contributed by atoms with van der Waals surface area (Å²) in [5.74, 6) is 0.102. The van der Waals surface area contributed by atoms with Gasteiger partial charge in [0.05, 0.1) is 22.3 Å². The molecule has 9 heteroatoms. The first kappa shape index (κ1) is 21.5. The van der Waals surface area contributed by atoms with E-state index in [0.29, 0.717) is 12.8 Å². The second kappa shape index (κ2) is 8.76. The van der Waals surface area contributed by atoms with Crippen molar-refractivity contribution >= 4 is 21.6 Å². The first-order valence-corrected chi connectivity index (χ1v) is 12.0. The molecule has 0 radical (unpaired) electrons. The molecule has 1 aliphatic heterocycles. The number of aryl methyl sites for hydroxylation is 2. The van der Waals surface area contributed by atoms with Gasteiger partial charge < -0.3 is 4.90 Å². The van der Waals surface area contributed by atoms with Crippen LogP contribution in [0.1, 0.15) is 48.7 Å². The fourth-order valence-electron chi connectivity index (χ4n) is 4.17. The SMILES string of the molecule is CNS(=O)(=O)c1ccc(CCC(=O)N2CCCC[C@H]2c2ccnc3cc(C)nn23)cc1. The number of rotatable bonds is 6. The maximum atomic E-state index is 13.1. The van der Waals surface area contributed by atoms with Crippen LogP contribution >= 0.6 is 0 Å². The molecule has 1 aromatic carbocycles. The topological polar surface area (TPSA) is 96.7 Å². The van der Waals surface area contributed by atoms with E-state index in [1.807, 2.05) is 28.5 Å². The standard InChI is InChI=1S/C22H27N5O3S/c1-16-15-21-24-13-12-20(27(21)25-16)19-5-3-4-14-26(19)22(28)11-8-17-6-9-18(10-7-17)31(29,30)23-2/h6-7,9-10,12-13,15,19,23H,3-5,8,11,14H2,1-2H3/t19-/m0/s1. The van der Waals surface area contributed by atoms with E-state index in [2.05, 4.69) is 14.8 Å². The number of benzene rings is 1. The number of likely N-dealkylation sites (tertiary alicyclic amines) is 1. The van der Waals surface area contributed by atoms with Crippen molar-refractivity contribution in [3.8, 4) is 0 Å². The van der Waals surface area contributed by atoms with Crippen LogP contribution in [0.25, 0.3) is 5.65 Å². The van der Waals surface area contributed by atoms with Crippen LogP contribution in [0.3, 0.4) is 0 Å². The van der Waals surface area contributed by atoms with Crippen LogP contribution in [0.5, 0.6) is 0 Å². The minimum absolute atomic E-state index is 0.0193. The molecule has 8 nitrogen and oxygen atoms in total. The van der Waals surface area contributed by atoms with Crippen molar-refractivity contribution in [1.82, 2.24) is 24.2 Å². The Balaban J connectivity index is 1.49. The summed E-state index contributed by atoms with van der Waals surface area (Å²) in [6.45, 7) is 2.67. The van der Waals surface area contributed by atoms with Crippen molar-refractivity contribution in [3.05, 3.63) is 59.5 Å². The highest BCUT2D eigenvalue weighted by molar-refractivity contribution is 7.89. The Labute approximate surface area is 182 Å². The zero-order valence-corrected chi connectivity index (χ0v) is 18.6. The lowest BCUT2D eigenvalue weighted by atomic mass is 9.98. The van der Waals surface area contributed by atoms with Crippen molar-refractivity contribution in [1.29, 1.82) is 0 Å². The molecule has 3 heterocycles. The maximum absolute atomic E-state index is 13.1. The molecule has 1 aliphatic rings. The molecule has 1 fully saturated rings. The summed E-state index contributed by atoms with van der Waals surface area (Å²) in [6.07, 6.45) is 5.69. The lowest BCUT2D eigenvalue weighted by Gasteiger charge is -2.36. The molecule has 0 bridgehead atoms. The van der Waals surface area contributed by atoms with Crippen molar-refractivity contribution < 1.29 is 13.2 Å². The Morgan fingerprint density at radius 2 is 1.97 bits per heavy atom. The average molecular weight is 442 g/mol. The number of carbonyl (C=O) groups is 1. The van der Waals surface area contributed by atoms with Crippen LogP contribution < -0.4 is 4.72 Å². The largest absolute Gasteiger partial charge is 0.334 e. The summed E-state index contributed by atoms with van der Waals surface area (Å²) in [5.41, 5.74) is 3.63. The molecule has 3 aromatic rings. The predicted octanol–water partition coefficient (Wildman–Crippen LogP) is 2.63. The Bertz CT molecular complexity index is 1190. The van der Waals surface area contributed by atoms with Crippen molar-refractivity contribution in [2.45, 2.75) is 50.0 Å². The molecule has 0 saturated carbocycles. The maximum Gasteiger partial charge on any atom is 0.240 e. The molecule has 0 aliphatic carbocycles. The summed E-state index contributed by atoms with van der Waals surface area (Å²) in [7, 11) is -2.07. The third kappa shape index (κ3) is 4.47. The molecule has 164 valence electrons. The van der Waals surface area contributed by atoms with Gasteiger partial charge in [-0.05, 0) is 63.4 Å². The average Bonchev–Trinajstić information content (AvgIpc) is 3.18. The van der Waals surface area contributed by atoms with E-state index in [9.17, 15) is 13.2 Å². The van der Waals surface area contributed by atoms with Gasteiger partial charge in [-0.25, -0.2) is 22.6 Å². The van der Waals surface area contributed by atoms with Crippen LogP contribution in [-0.2, 0) is 21.2 Å². The number of fused-ring (bicyclic) bond motifs is 1. The number of nitrogens with zero attached hydrogens (tertiary/aromatic N) is 4. The van der Waals surface area contributed by atoms with Crippen molar-refractivity contribution in [2.75, 3.05) is 13.6 Å². The number of aromatic nitrogens is 3. The van der Waals surface area contributed by atoms with Crippen LogP contribution in [0.4, 0.5) is 0 Å². The molecule has 1 atom stereocenters. The lowest BCUT2D eigenvalue weighted by Crippen LogP contribution is -2.39. The number of carbonyl (C=O) groups excluding carboxylic acids is 1. The monoisotopic (exact) mass is 441 g/mol. The molecule has 0 unspecified atom stereocenters. The second-order valence-electron chi connectivity index (χ2n) is 7.88. The summed E-state index contributed by atoms with van der Waals surface area (Å²) in [4.78, 5) is 19.7. The molecule has 1 saturated heterocycles. The highest BCUT2D eigenvalue weighted by Gasteiger charge is 2.29. The first-order valence-electron chi connectivity index (χ1n) is 10.5. The van der Waals surface area contributed by atoms with E-state index < -0.39 is 10.0 Å². The van der Waals surface area contributed by atoms with Crippen LogP contribution in [0.15, 0.2) is 47.5 Å². The predicted molar refractivity (Wildman–Crippen MR) is 117 cm³/mol. The van der Waals surface area contributed by atoms with Gasteiger partial charge in [0.1, 0.15) is 0 Å². The zero-order chi connectivity index (χ0) is 22.0. The van der Waals surface area contributed by atoms with Crippen LogP contribution in [-0.4, -0.2) is 47.4 Å². The molecule has 2 aromatic heterocycles. The number of hydrogen-bond donors (Lipinski definition) is 1. The highest BCUT2D eigenvalue weighted by Crippen LogP contribution is 2.31. The molecule has 4 rings (SSSR count). The number of amides is 1. The molecule has 1 N–H and O–H groups in total. The normalized spacial score (nSPS) is 17.2. The zero-order valence-electron chi connectivity index (χ0n) is 17.8. The third-order valence-corrected chi connectivity index (χ3v) is 7.23. The number of piperidine rings is 1. The van der Waals surface area contributed by atoms with Gasteiger partial charge in [0.25, 0.3) is 0 Å². The highest BCUT2D eigenvalue weighted by atomic mass is 32.2. The molecule has 31 heavy (non-hydrogen) atoms. The molecular weight excluding hydrogens is 414 g/mol. The van der Waals surface area contributed by atoms with Crippen molar-refractivity contribution in [3.63, 3.8) is 0 Å². The van der Waals surface area contributed by atoms with Gasteiger partial charge in [-0.1, -0.05) is 12.1 Å². The van der Waals surface area contributed by atoms with Gasteiger partial charge in [0, 0.05) is 25.2 Å². The summed E-state index contributed by atoms with van der Waals surface area (Å²) < 4.78 is 27.9. The minimum Gasteiger partial charge on any atom is -0.334 e. The fourth-order valence-corrected chi connectivity index (χ4v) is 4.90. The van der Waals surface area contributed by atoms with Gasteiger partial charge in [-0.3, -0.25) is 4.79 Å². The van der Waals surface area contributed by atoms with Gasteiger partial charge >= 0.3 is 0 Å². The van der Waals surface area contributed by atoms with Gasteiger partial charge in [-0.2, -0.15) is 5.10 Å². The summed E-state index contributed by atoms with van der Waals surface area (Å²) in [5, 5.41) is 4.57. The Morgan fingerprint density at radius 3 is 2.71 bits per heavy atom. The smallest absolute Gasteiger partial charge is 0.240 e. The lowest BCUT2D eigenvalue weighted by molar-refractivity contribution is -0.135. The van der Waals surface area contributed by atoms with E-state index in [1.54, 1.807) is 30.5 Å². The van der Waals surface area contributed by atoms with E-state index >= 15 is 0 Å². The first-order chi connectivity index (χ1) is 14.9. The van der Waals surface area contributed by atoms with Crippen LogP contribution in [0, 0.1) is 6.92 Å². The molecule has 1 amide bonds. The Kier molecular flexibility index (Phi) is 6.06. The fraction of sp³-hybridized carbons (Fsp3) is 0.409. The van der Waals surface area contributed by atoms with Crippen molar-refractivity contribution in [2.24, 2.45) is 0 Å². The Morgan fingerprint density at radius 1 is 1.19 bits per heavy atom. The Hall–Kier alpha value is -2.78. The van der Waals surface area contributed by atoms with E-state index in [1.165, 1.54) is 7.05 Å². The number of nitrogens with one attached hydrogen (secondary N) is 1. The van der Waals surface area contributed by atoms with Crippen LogP contribution in [0.2, 0.25) is 0 Å². The van der Waals surface area contributed by atoms with E-state index in [-0.39, 0.29) is 16.8 Å². The molecular formula is C22H27N5O3S. The summed E-state index contributed by atoms with van der Waals surface area (Å²) >= 11 is 0. The second-order valence-corrected chi connectivity index (χ2v) is 9.76. The number of sulfonamides is 1. The molecule has 0 spiro atoms. The van der Waals surface area contributed by atoms with Gasteiger partial charge in [0.15, 0.2) is 5.65 Å². The van der Waals surface area contributed by atoms with E-state index in [0.717, 1.165) is 48.4 Å². The third-order valence-electron chi connectivity index (χ3n) is 5.80.